The van der Waals surface area contributed by atoms with Crippen LogP contribution in [0.15, 0.2) is 80.1 Å². The van der Waals surface area contributed by atoms with Gasteiger partial charge in [0, 0.05) is 17.2 Å². The number of furan rings is 1. The smallest absolute Gasteiger partial charge is 0.338 e. The zero-order chi connectivity index (χ0) is 29.3. The number of allylic oxidation sites excluding steroid dienone is 1. The van der Waals surface area contributed by atoms with E-state index in [4.69, 9.17) is 23.7 Å². The Morgan fingerprint density at radius 1 is 1.10 bits per heavy atom. The van der Waals surface area contributed by atoms with E-state index in [0.717, 1.165) is 11.3 Å². The molecule has 11 heteroatoms. The number of methoxy groups -OCH3 is 2. The fourth-order valence-electron chi connectivity index (χ4n) is 4.63. The zero-order valence-electron chi connectivity index (χ0n) is 22.7. The van der Waals surface area contributed by atoms with Crippen LogP contribution in [0.4, 0.5) is 0 Å². The SMILES string of the molecule is CCOC(=O)C1=C(C)N=c2s/c(=C/c3ccc(-c4ccc(C(=O)O)cc4)o3)c(=O)n2C1c1cc(OC)ccc1OC. The number of aromatic nitrogens is 1. The number of carboxylic acids is 1. The highest BCUT2D eigenvalue weighted by Gasteiger charge is 2.35. The number of carboxylic acid groups (broad SMARTS) is 1. The lowest BCUT2D eigenvalue weighted by molar-refractivity contribution is -0.139. The Kier molecular flexibility index (Phi) is 7.62. The van der Waals surface area contributed by atoms with Gasteiger partial charge in [0.1, 0.15) is 29.1 Å². The van der Waals surface area contributed by atoms with Crippen LogP contribution in [0.5, 0.6) is 11.5 Å². The minimum atomic E-state index is -1.02. The van der Waals surface area contributed by atoms with Crippen molar-refractivity contribution in [2.24, 2.45) is 4.99 Å². The first-order chi connectivity index (χ1) is 19.7. The van der Waals surface area contributed by atoms with E-state index in [2.05, 4.69) is 4.99 Å². The van der Waals surface area contributed by atoms with Crippen molar-refractivity contribution in [2.75, 3.05) is 20.8 Å². The molecule has 0 bridgehead atoms. The molecule has 1 aliphatic heterocycles. The third kappa shape index (κ3) is 5.19. The van der Waals surface area contributed by atoms with Gasteiger partial charge < -0.3 is 23.7 Å². The lowest BCUT2D eigenvalue weighted by Crippen LogP contribution is -2.40. The van der Waals surface area contributed by atoms with Crippen molar-refractivity contribution in [2.45, 2.75) is 19.9 Å². The fourth-order valence-corrected chi connectivity index (χ4v) is 5.66. The van der Waals surface area contributed by atoms with E-state index in [9.17, 15) is 14.4 Å². The number of hydrogen-bond donors (Lipinski definition) is 1. The summed E-state index contributed by atoms with van der Waals surface area (Å²) in [6.45, 7) is 3.57. The molecule has 0 spiro atoms. The van der Waals surface area contributed by atoms with Crippen LogP contribution in [0.1, 0.15) is 41.6 Å². The average Bonchev–Trinajstić information content (AvgIpc) is 3.56. The van der Waals surface area contributed by atoms with Gasteiger partial charge in [0.15, 0.2) is 4.80 Å². The number of aromatic carboxylic acids is 1. The predicted molar refractivity (Wildman–Crippen MR) is 151 cm³/mol. The topological polar surface area (TPSA) is 130 Å². The molecule has 4 aromatic rings. The van der Waals surface area contributed by atoms with Gasteiger partial charge in [-0.05, 0) is 56.3 Å². The lowest BCUT2D eigenvalue weighted by Gasteiger charge is -2.26. The molecule has 3 heterocycles. The number of benzene rings is 2. The number of nitrogens with zero attached hydrogens (tertiary/aromatic N) is 2. The number of thiazole rings is 1. The van der Waals surface area contributed by atoms with Gasteiger partial charge in [0.05, 0.1) is 42.2 Å². The molecule has 0 amide bonds. The monoisotopic (exact) mass is 574 g/mol. The van der Waals surface area contributed by atoms with Gasteiger partial charge in [0.25, 0.3) is 5.56 Å². The maximum Gasteiger partial charge on any atom is 0.338 e. The summed E-state index contributed by atoms with van der Waals surface area (Å²) in [5.41, 5.74) is 1.68. The second kappa shape index (κ2) is 11.3. The fraction of sp³-hybridized carbons (Fsp3) is 0.200. The first kappa shape index (κ1) is 27.7. The Hall–Kier alpha value is -4.90. The minimum absolute atomic E-state index is 0.155. The van der Waals surface area contributed by atoms with Crippen LogP contribution in [0.3, 0.4) is 0 Å². The van der Waals surface area contributed by atoms with Gasteiger partial charge in [-0.3, -0.25) is 9.36 Å². The summed E-state index contributed by atoms with van der Waals surface area (Å²) in [5.74, 6) is 0.331. The summed E-state index contributed by atoms with van der Waals surface area (Å²) >= 11 is 1.16. The highest BCUT2D eigenvalue weighted by atomic mass is 32.1. The summed E-state index contributed by atoms with van der Waals surface area (Å²) in [6, 6.07) is 14.1. The molecule has 41 heavy (non-hydrogen) atoms. The van der Waals surface area contributed by atoms with Crippen molar-refractivity contribution in [1.29, 1.82) is 0 Å². The summed E-state index contributed by atoms with van der Waals surface area (Å²) in [7, 11) is 3.04. The molecule has 5 rings (SSSR count). The Bertz CT molecular complexity index is 1860. The molecule has 1 N–H and O–H groups in total. The van der Waals surface area contributed by atoms with Crippen molar-refractivity contribution in [3.8, 4) is 22.8 Å². The number of esters is 1. The molecule has 2 aromatic carbocycles. The molecule has 0 saturated carbocycles. The molecule has 0 radical (unpaired) electrons. The van der Waals surface area contributed by atoms with Crippen LogP contribution >= 0.6 is 11.3 Å². The van der Waals surface area contributed by atoms with E-state index in [1.54, 1.807) is 62.4 Å². The third-order valence-corrected chi connectivity index (χ3v) is 7.55. The maximum absolute atomic E-state index is 13.9. The molecule has 0 aliphatic carbocycles. The molecule has 0 saturated heterocycles. The van der Waals surface area contributed by atoms with Crippen molar-refractivity contribution in [3.63, 3.8) is 0 Å². The Balaban J connectivity index is 1.64. The predicted octanol–water partition coefficient (Wildman–Crippen LogP) is 3.77. The number of carbonyl (C=O) groups is 2. The van der Waals surface area contributed by atoms with E-state index >= 15 is 0 Å². The van der Waals surface area contributed by atoms with Crippen LogP contribution in [0, 0.1) is 0 Å². The first-order valence-corrected chi connectivity index (χ1v) is 13.4. The molecular weight excluding hydrogens is 548 g/mol. The maximum atomic E-state index is 13.9. The summed E-state index contributed by atoms with van der Waals surface area (Å²) < 4.78 is 24.2. The standard InChI is InChI=1S/C30H26N2O8S/c1-5-39-29(36)25-16(2)31-30-32(26(25)21-14-19(37-3)10-13-23(21)38-4)27(33)24(41-30)15-20-11-12-22(40-20)17-6-8-18(9-7-17)28(34)35/h6-15,26H,5H2,1-4H3,(H,34,35)/b24-15+. The molecule has 1 unspecified atom stereocenters. The van der Waals surface area contributed by atoms with Crippen LogP contribution in [-0.2, 0) is 9.53 Å². The Labute approximate surface area is 238 Å². The van der Waals surface area contributed by atoms with Gasteiger partial charge in [-0.15, -0.1) is 0 Å². The number of hydrogen-bond acceptors (Lipinski definition) is 9. The van der Waals surface area contributed by atoms with Crippen molar-refractivity contribution >= 4 is 29.4 Å². The van der Waals surface area contributed by atoms with Gasteiger partial charge in [-0.1, -0.05) is 23.5 Å². The van der Waals surface area contributed by atoms with E-state index in [1.807, 2.05) is 0 Å². The van der Waals surface area contributed by atoms with Crippen LogP contribution in [-0.4, -0.2) is 42.4 Å². The van der Waals surface area contributed by atoms with Gasteiger partial charge in [-0.2, -0.15) is 0 Å². The average molecular weight is 575 g/mol. The van der Waals surface area contributed by atoms with Crippen LogP contribution in [0.25, 0.3) is 17.4 Å². The van der Waals surface area contributed by atoms with Crippen molar-refractivity contribution in [1.82, 2.24) is 4.57 Å². The highest BCUT2D eigenvalue weighted by molar-refractivity contribution is 7.07. The van der Waals surface area contributed by atoms with E-state index in [1.165, 1.54) is 30.9 Å². The first-order valence-electron chi connectivity index (χ1n) is 12.6. The second-order valence-electron chi connectivity index (χ2n) is 8.99. The highest BCUT2D eigenvalue weighted by Crippen LogP contribution is 2.37. The number of carbonyl (C=O) groups excluding carboxylic acids is 1. The molecule has 1 aliphatic rings. The largest absolute Gasteiger partial charge is 0.497 e. The second-order valence-corrected chi connectivity index (χ2v) is 10.0. The molecule has 210 valence electrons. The van der Waals surface area contributed by atoms with Gasteiger partial charge in [0.2, 0.25) is 0 Å². The van der Waals surface area contributed by atoms with E-state index < -0.39 is 18.0 Å². The van der Waals surface area contributed by atoms with Crippen molar-refractivity contribution in [3.05, 3.63) is 102 Å². The third-order valence-electron chi connectivity index (χ3n) is 6.56. The summed E-state index contributed by atoms with van der Waals surface area (Å²) in [4.78, 5) is 43.2. The number of ether oxygens (including phenoxy) is 3. The zero-order valence-corrected chi connectivity index (χ0v) is 23.5. The summed E-state index contributed by atoms with van der Waals surface area (Å²) in [6.07, 6.45) is 1.61. The van der Waals surface area contributed by atoms with Crippen molar-refractivity contribution < 1.29 is 33.3 Å². The van der Waals surface area contributed by atoms with Gasteiger partial charge >= 0.3 is 11.9 Å². The minimum Gasteiger partial charge on any atom is -0.497 e. The number of rotatable bonds is 8. The Morgan fingerprint density at radius 3 is 2.51 bits per heavy atom. The number of fused-ring (bicyclic) bond motifs is 1. The quantitative estimate of drug-likeness (QED) is 0.315. The van der Waals surface area contributed by atoms with Gasteiger partial charge in [-0.25, -0.2) is 14.6 Å². The normalized spacial score (nSPS) is 14.8. The Morgan fingerprint density at radius 2 is 1.85 bits per heavy atom. The molecule has 10 nitrogen and oxygen atoms in total. The lowest BCUT2D eigenvalue weighted by atomic mass is 9.95. The molecule has 1 atom stereocenters. The molecule has 2 aromatic heterocycles. The van der Waals surface area contributed by atoms with Crippen LogP contribution < -0.4 is 24.4 Å². The van der Waals surface area contributed by atoms with E-state index in [0.29, 0.717) is 49.2 Å². The van der Waals surface area contributed by atoms with E-state index in [-0.39, 0.29) is 23.3 Å². The molecule has 0 fully saturated rings. The molecular formula is C30H26N2O8S. The summed E-state index contributed by atoms with van der Waals surface area (Å²) in [5, 5.41) is 9.14. The van der Waals surface area contributed by atoms with Crippen LogP contribution in [0.2, 0.25) is 0 Å².